The van der Waals surface area contributed by atoms with Crippen LogP contribution in [0.2, 0.25) is 0 Å². The first-order chi connectivity index (χ1) is 13.5. The number of benzene rings is 2. The van der Waals surface area contributed by atoms with Crippen molar-refractivity contribution >= 4 is 23.7 Å². The van der Waals surface area contributed by atoms with Gasteiger partial charge in [-0.15, -0.1) is 0 Å². The average Bonchev–Trinajstić information content (AvgIpc) is 2.68. The minimum atomic E-state index is -0.642. The number of hydrogen-bond acceptors (Lipinski definition) is 5. The van der Waals surface area contributed by atoms with Gasteiger partial charge in [0.15, 0.2) is 11.5 Å². The van der Waals surface area contributed by atoms with Crippen molar-refractivity contribution in [3.8, 4) is 11.5 Å². The molecule has 2 aromatic rings. The predicted octanol–water partition coefficient (Wildman–Crippen LogP) is 3.10. The van der Waals surface area contributed by atoms with E-state index in [1.807, 2.05) is 6.92 Å². The van der Waals surface area contributed by atoms with Crippen molar-refractivity contribution in [2.75, 3.05) is 19.0 Å². The Kier molecular flexibility index (Phi) is 7.95. The zero-order valence-electron chi connectivity index (χ0n) is 15.7. The molecule has 2 N–H and O–H groups in total. The summed E-state index contributed by atoms with van der Waals surface area (Å²) in [6, 6.07) is 10.9. The second-order valence-corrected chi connectivity index (χ2v) is 5.76. The van der Waals surface area contributed by atoms with Crippen LogP contribution in [-0.4, -0.2) is 31.7 Å². The predicted molar refractivity (Wildman–Crippen MR) is 104 cm³/mol. The smallest absolute Gasteiger partial charge is 0.249 e. The largest absolute Gasteiger partial charge is 0.493 e. The first-order valence-electron chi connectivity index (χ1n) is 8.70. The van der Waals surface area contributed by atoms with Crippen LogP contribution >= 0.6 is 0 Å². The summed E-state index contributed by atoms with van der Waals surface area (Å²) in [6.45, 7) is 2.58. The van der Waals surface area contributed by atoms with Crippen molar-refractivity contribution in [2.45, 2.75) is 19.8 Å². The number of halogens is 1. The lowest BCUT2D eigenvalue weighted by molar-refractivity contribution is -0.126. The fourth-order valence-electron chi connectivity index (χ4n) is 2.22. The van der Waals surface area contributed by atoms with E-state index in [-0.39, 0.29) is 5.69 Å². The number of rotatable bonds is 9. The monoisotopic (exact) mass is 387 g/mol. The van der Waals surface area contributed by atoms with Gasteiger partial charge in [0, 0.05) is 0 Å². The number of ether oxygens (including phenoxy) is 2. The van der Waals surface area contributed by atoms with Gasteiger partial charge >= 0.3 is 0 Å². The summed E-state index contributed by atoms with van der Waals surface area (Å²) < 4.78 is 24.3. The molecule has 0 heterocycles. The first kappa shape index (κ1) is 20.9. The van der Waals surface area contributed by atoms with Crippen LogP contribution < -0.4 is 20.2 Å². The summed E-state index contributed by atoms with van der Waals surface area (Å²) in [4.78, 5) is 23.6. The molecule has 0 aliphatic carbocycles. The maximum absolute atomic E-state index is 13.5. The van der Waals surface area contributed by atoms with Crippen LogP contribution in [0.3, 0.4) is 0 Å². The molecule has 2 aromatic carbocycles. The van der Waals surface area contributed by atoms with E-state index in [9.17, 15) is 14.0 Å². The molecule has 0 bridgehead atoms. The molecule has 0 saturated carbocycles. The third-order valence-electron chi connectivity index (χ3n) is 3.52. The molecule has 0 atom stereocenters. The number of carbonyl (C=O) groups excluding carboxylic acids is 2. The molecular formula is C20H22FN3O4. The molecule has 0 aliphatic heterocycles. The van der Waals surface area contributed by atoms with Gasteiger partial charge in [0.1, 0.15) is 12.2 Å². The highest BCUT2D eigenvalue weighted by atomic mass is 19.1. The van der Waals surface area contributed by atoms with E-state index >= 15 is 0 Å². The lowest BCUT2D eigenvalue weighted by atomic mass is 10.2. The van der Waals surface area contributed by atoms with Crippen LogP contribution in [0.4, 0.5) is 10.1 Å². The van der Waals surface area contributed by atoms with Crippen molar-refractivity contribution in [2.24, 2.45) is 5.10 Å². The van der Waals surface area contributed by atoms with Crippen LogP contribution in [0.1, 0.15) is 25.3 Å². The highest BCUT2D eigenvalue weighted by Crippen LogP contribution is 2.27. The van der Waals surface area contributed by atoms with Gasteiger partial charge in [0.25, 0.3) is 0 Å². The molecule has 0 fully saturated rings. The standard InChI is InChI=1S/C20H22FN3O4/c1-3-10-28-17-9-8-14(11-18(17)27-2)13-22-24-20(26)12-19(25)23-16-7-5-4-6-15(16)21/h4-9,11,13H,3,10,12H2,1-2H3,(H,23,25)(H,24,26). The molecule has 0 aromatic heterocycles. The molecule has 0 unspecified atom stereocenters. The zero-order valence-corrected chi connectivity index (χ0v) is 15.7. The maximum atomic E-state index is 13.5. The van der Waals surface area contributed by atoms with Crippen LogP contribution in [0.5, 0.6) is 11.5 Å². The van der Waals surface area contributed by atoms with Gasteiger partial charge in [0.05, 0.1) is 25.6 Å². The second kappa shape index (κ2) is 10.7. The Morgan fingerprint density at radius 1 is 1.14 bits per heavy atom. The van der Waals surface area contributed by atoms with E-state index in [1.165, 1.54) is 31.5 Å². The van der Waals surface area contributed by atoms with Crippen molar-refractivity contribution in [1.29, 1.82) is 0 Å². The Morgan fingerprint density at radius 3 is 2.64 bits per heavy atom. The third kappa shape index (κ3) is 6.39. The Hall–Kier alpha value is -3.42. The van der Waals surface area contributed by atoms with Gasteiger partial charge in [-0.25, -0.2) is 9.82 Å². The van der Waals surface area contributed by atoms with E-state index in [4.69, 9.17) is 9.47 Å². The topological polar surface area (TPSA) is 89.0 Å². The van der Waals surface area contributed by atoms with Gasteiger partial charge in [-0.05, 0) is 42.3 Å². The fraction of sp³-hybridized carbons (Fsp3) is 0.250. The number of methoxy groups -OCH3 is 1. The van der Waals surface area contributed by atoms with Gasteiger partial charge in [-0.1, -0.05) is 19.1 Å². The Balaban J connectivity index is 1.87. The molecule has 8 heteroatoms. The molecule has 148 valence electrons. The molecule has 2 rings (SSSR count). The zero-order chi connectivity index (χ0) is 20.4. The Morgan fingerprint density at radius 2 is 1.93 bits per heavy atom. The van der Waals surface area contributed by atoms with Crippen molar-refractivity contribution in [3.05, 3.63) is 53.8 Å². The van der Waals surface area contributed by atoms with E-state index in [0.717, 1.165) is 6.42 Å². The number of para-hydroxylation sites is 1. The number of amides is 2. The lowest BCUT2D eigenvalue weighted by Gasteiger charge is -2.10. The molecular weight excluding hydrogens is 365 g/mol. The van der Waals surface area contributed by atoms with Crippen LogP contribution in [0, 0.1) is 5.82 Å². The summed E-state index contributed by atoms with van der Waals surface area (Å²) in [6.07, 6.45) is 1.81. The molecule has 28 heavy (non-hydrogen) atoms. The highest BCUT2D eigenvalue weighted by Gasteiger charge is 2.11. The molecule has 7 nitrogen and oxygen atoms in total. The van der Waals surface area contributed by atoms with Crippen molar-refractivity contribution in [3.63, 3.8) is 0 Å². The normalized spacial score (nSPS) is 10.5. The van der Waals surface area contributed by atoms with Crippen molar-refractivity contribution < 1.29 is 23.5 Å². The Bertz CT molecular complexity index is 855. The number of nitrogens with one attached hydrogen (secondary N) is 2. The number of anilines is 1. The minimum absolute atomic E-state index is 0.0151. The van der Waals surface area contributed by atoms with Crippen LogP contribution in [-0.2, 0) is 9.59 Å². The SMILES string of the molecule is CCCOc1ccc(C=NNC(=O)CC(=O)Nc2ccccc2F)cc1OC. The lowest BCUT2D eigenvalue weighted by Crippen LogP contribution is -2.24. The number of hydrazone groups is 1. The minimum Gasteiger partial charge on any atom is -0.493 e. The first-order valence-corrected chi connectivity index (χ1v) is 8.70. The maximum Gasteiger partial charge on any atom is 0.249 e. The molecule has 2 amide bonds. The number of carbonyl (C=O) groups is 2. The summed E-state index contributed by atoms with van der Waals surface area (Å²) in [5.74, 6) is -0.671. The van der Waals surface area contributed by atoms with Gasteiger partial charge in [0.2, 0.25) is 11.8 Å². The third-order valence-corrected chi connectivity index (χ3v) is 3.52. The van der Waals surface area contributed by atoms with E-state index < -0.39 is 24.1 Å². The van der Waals surface area contributed by atoms with Crippen LogP contribution in [0.15, 0.2) is 47.6 Å². The summed E-state index contributed by atoms with van der Waals surface area (Å²) in [5, 5.41) is 6.14. The highest BCUT2D eigenvalue weighted by molar-refractivity contribution is 6.03. The fourth-order valence-corrected chi connectivity index (χ4v) is 2.22. The summed E-state index contributed by atoms with van der Waals surface area (Å²) >= 11 is 0. The Labute approximate surface area is 162 Å². The average molecular weight is 387 g/mol. The van der Waals surface area contributed by atoms with E-state index in [2.05, 4.69) is 15.8 Å². The van der Waals surface area contributed by atoms with Gasteiger partial charge in [-0.3, -0.25) is 9.59 Å². The van der Waals surface area contributed by atoms with Gasteiger partial charge < -0.3 is 14.8 Å². The second-order valence-electron chi connectivity index (χ2n) is 5.76. The summed E-state index contributed by atoms with van der Waals surface area (Å²) in [5.41, 5.74) is 2.95. The van der Waals surface area contributed by atoms with Crippen molar-refractivity contribution in [1.82, 2.24) is 5.43 Å². The molecule has 0 radical (unpaired) electrons. The van der Waals surface area contributed by atoms with Gasteiger partial charge in [-0.2, -0.15) is 5.10 Å². The molecule has 0 spiro atoms. The molecule has 0 saturated heterocycles. The van der Waals surface area contributed by atoms with Crippen LogP contribution in [0.25, 0.3) is 0 Å². The number of hydrogen-bond donors (Lipinski definition) is 2. The number of nitrogens with zero attached hydrogens (tertiary/aromatic N) is 1. The van der Waals surface area contributed by atoms with E-state index in [0.29, 0.717) is 23.7 Å². The van der Waals surface area contributed by atoms with E-state index in [1.54, 1.807) is 24.3 Å². The quantitative estimate of drug-likeness (QED) is 0.393. The summed E-state index contributed by atoms with van der Waals surface area (Å²) in [7, 11) is 1.53. The molecule has 0 aliphatic rings.